The van der Waals surface area contributed by atoms with E-state index in [1.54, 1.807) is 6.92 Å². The Labute approximate surface area is 163 Å². The van der Waals surface area contributed by atoms with E-state index < -0.39 is 11.5 Å². The Kier molecular flexibility index (Phi) is 18.9. The second-order valence-corrected chi connectivity index (χ2v) is 7.98. The smallest absolute Gasteiger partial charge is 0.311 e. The first-order valence-electron chi connectivity index (χ1n) is 10.8. The van der Waals surface area contributed by atoms with E-state index in [9.17, 15) is 4.79 Å². The van der Waals surface area contributed by atoms with Gasteiger partial charge in [-0.1, -0.05) is 53.4 Å². The SMILES string of the molecule is CCCC(C)(C)C(=O)OCC(C)O.CCCCN(CCCC)CCCC. The number of unbranched alkanes of at least 4 members (excludes halogenated alkanes) is 3. The van der Waals surface area contributed by atoms with E-state index in [2.05, 4.69) is 25.7 Å². The zero-order valence-corrected chi connectivity index (χ0v) is 18.8. The summed E-state index contributed by atoms with van der Waals surface area (Å²) < 4.78 is 4.93. The van der Waals surface area contributed by atoms with Crippen molar-refractivity contribution >= 4 is 5.97 Å². The van der Waals surface area contributed by atoms with E-state index >= 15 is 0 Å². The number of nitrogens with zero attached hydrogens (tertiary/aromatic N) is 1. The molecule has 4 heteroatoms. The highest BCUT2D eigenvalue weighted by atomic mass is 16.5. The van der Waals surface area contributed by atoms with Gasteiger partial charge >= 0.3 is 5.97 Å². The van der Waals surface area contributed by atoms with Crippen LogP contribution in [0.5, 0.6) is 0 Å². The molecule has 0 aliphatic heterocycles. The van der Waals surface area contributed by atoms with E-state index in [1.165, 1.54) is 58.2 Å². The lowest BCUT2D eigenvalue weighted by Gasteiger charge is -2.22. The second kappa shape index (κ2) is 17.8. The Hall–Kier alpha value is -0.610. The maximum absolute atomic E-state index is 11.4. The van der Waals surface area contributed by atoms with Gasteiger partial charge in [-0.3, -0.25) is 4.79 Å². The summed E-state index contributed by atoms with van der Waals surface area (Å²) >= 11 is 0. The minimum Gasteiger partial charge on any atom is -0.463 e. The monoisotopic (exact) mass is 373 g/mol. The lowest BCUT2D eigenvalue weighted by molar-refractivity contribution is -0.157. The minimum atomic E-state index is -0.582. The maximum atomic E-state index is 11.4. The topological polar surface area (TPSA) is 49.8 Å². The minimum absolute atomic E-state index is 0.0893. The molecule has 26 heavy (non-hydrogen) atoms. The summed E-state index contributed by atoms with van der Waals surface area (Å²) in [6.45, 7) is 18.2. The number of hydrogen-bond donors (Lipinski definition) is 1. The van der Waals surface area contributed by atoms with Crippen LogP contribution in [-0.4, -0.2) is 48.3 Å². The van der Waals surface area contributed by atoms with Crippen molar-refractivity contribution in [2.45, 2.75) is 106 Å². The second-order valence-electron chi connectivity index (χ2n) is 7.98. The third-order valence-corrected chi connectivity index (χ3v) is 4.37. The van der Waals surface area contributed by atoms with E-state index in [4.69, 9.17) is 9.84 Å². The Morgan fingerprint density at radius 2 is 1.35 bits per heavy atom. The van der Waals surface area contributed by atoms with Crippen molar-refractivity contribution in [1.29, 1.82) is 0 Å². The molecule has 1 atom stereocenters. The number of ether oxygens (including phenoxy) is 1. The van der Waals surface area contributed by atoms with Crippen LogP contribution in [0.25, 0.3) is 0 Å². The first-order valence-corrected chi connectivity index (χ1v) is 10.8. The van der Waals surface area contributed by atoms with Gasteiger partial charge in [-0.05, 0) is 66.1 Å². The summed E-state index contributed by atoms with van der Waals surface area (Å²) in [7, 11) is 0. The molecule has 158 valence electrons. The number of rotatable bonds is 14. The van der Waals surface area contributed by atoms with Crippen LogP contribution < -0.4 is 0 Å². The van der Waals surface area contributed by atoms with Gasteiger partial charge in [0.15, 0.2) is 0 Å². The summed E-state index contributed by atoms with van der Waals surface area (Å²) in [6, 6.07) is 0. The fourth-order valence-electron chi connectivity index (χ4n) is 2.60. The Morgan fingerprint density at radius 1 is 0.923 bits per heavy atom. The van der Waals surface area contributed by atoms with E-state index in [1.807, 2.05) is 20.8 Å². The summed E-state index contributed by atoms with van der Waals surface area (Å²) in [6.07, 6.45) is 9.27. The molecule has 4 nitrogen and oxygen atoms in total. The van der Waals surface area contributed by atoms with Crippen LogP contribution in [0, 0.1) is 5.41 Å². The third-order valence-electron chi connectivity index (χ3n) is 4.37. The van der Waals surface area contributed by atoms with Gasteiger partial charge in [0.05, 0.1) is 11.5 Å². The molecule has 0 heterocycles. The molecule has 0 aromatic heterocycles. The zero-order chi connectivity index (χ0) is 20.4. The van der Waals surface area contributed by atoms with E-state index in [0.717, 1.165) is 12.8 Å². The van der Waals surface area contributed by atoms with Gasteiger partial charge < -0.3 is 14.7 Å². The zero-order valence-electron chi connectivity index (χ0n) is 18.8. The Bertz CT molecular complexity index is 297. The quantitative estimate of drug-likeness (QED) is 0.413. The van der Waals surface area contributed by atoms with Crippen LogP contribution in [0.3, 0.4) is 0 Å². The molecule has 0 aliphatic rings. The molecule has 0 amide bonds. The van der Waals surface area contributed by atoms with Crippen LogP contribution in [0.1, 0.15) is 99.8 Å². The Morgan fingerprint density at radius 3 is 1.65 bits per heavy atom. The largest absolute Gasteiger partial charge is 0.463 e. The van der Waals surface area contributed by atoms with Gasteiger partial charge in [-0.15, -0.1) is 0 Å². The lowest BCUT2D eigenvalue weighted by Crippen LogP contribution is -2.28. The van der Waals surface area contributed by atoms with Gasteiger partial charge in [0.25, 0.3) is 0 Å². The summed E-state index contributed by atoms with van der Waals surface area (Å²) in [5.41, 5.74) is -0.427. The fraction of sp³-hybridized carbons (Fsp3) is 0.955. The highest BCUT2D eigenvalue weighted by Gasteiger charge is 2.28. The van der Waals surface area contributed by atoms with Crippen molar-refractivity contribution in [3.8, 4) is 0 Å². The van der Waals surface area contributed by atoms with E-state index in [-0.39, 0.29) is 12.6 Å². The van der Waals surface area contributed by atoms with Crippen LogP contribution in [0.4, 0.5) is 0 Å². The van der Waals surface area contributed by atoms with Crippen LogP contribution in [-0.2, 0) is 9.53 Å². The van der Waals surface area contributed by atoms with Gasteiger partial charge in [0, 0.05) is 0 Å². The first-order chi connectivity index (χ1) is 12.2. The van der Waals surface area contributed by atoms with Crippen molar-refractivity contribution in [2.75, 3.05) is 26.2 Å². The van der Waals surface area contributed by atoms with Gasteiger partial charge in [0.1, 0.15) is 6.61 Å². The highest BCUT2D eigenvalue weighted by Crippen LogP contribution is 2.23. The first kappa shape index (κ1) is 27.6. The van der Waals surface area contributed by atoms with Crippen molar-refractivity contribution < 1.29 is 14.6 Å². The number of carbonyl (C=O) groups excluding carboxylic acids is 1. The molecule has 0 saturated carbocycles. The maximum Gasteiger partial charge on any atom is 0.311 e. The van der Waals surface area contributed by atoms with E-state index in [0.29, 0.717) is 0 Å². The average Bonchev–Trinajstić information content (AvgIpc) is 2.59. The molecule has 1 unspecified atom stereocenters. The molecule has 1 N–H and O–H groups in total. The fourth-order valence-corrected chi connectivity index (χ4v) is 2.60. The van der Waals surface area contributed by atoms with Gasteiger partial charge in [0.2, 0.25) is 0 Å². The lowest BCUT2D eigenvalue weighted by atomic mass is 9.88. The predicted octanol–water partition coefficient (Wildman–Crippen LogP) is 5.43. The number of carbonyl (C=O) groups is 1. The molecule has 0 spiro atoms. The third kappa shape index (κ3) is 16.8. The molecule has 0 radical (unpaired) electrons. The molecule has 0 bridgehead atoms. The number of esters is 1. The molecule has 0 aromatic rings. The molecule has 0 aromatic carbocycles. The predicted molar refractivity (Wildman–Crippen MR) is 112 cm³/mol. The average molecular weight is 374 g/mol. The van der Waals surface area contributed by atoms with Crippen LogP contribution in [0.15, 0.2) is 0 Å². The normalized spacial score (nSPS) is 12.5. The van der Waals surface area contributed by atoms with Gasteiger partial charge in [-0.2, -0.15) is 0 Å². The van der Waals surface area contributed by atoms with Crippen molar-refractivity contribution in [3.05, 3.63) is 0 Å². The van der Waals surface area contributed by atoms with Crippen molar-refractivity contribution in [1.82, 2.24) is 4.90 Å². The highest BCUT2D eigenvalue weighted by molar-refractivity contribution is 5.75. The van der Waals surface area contributed by atoms with Gasteiger partial charge in [-0.25, -0.2) is 0 Å². The van der Waals surface area contributed by atoms with Crippen LogP contribution >= 0.6 is 0 Å². The molecular weight excluding hydrogens is 326 g/mol. The Balaban J connectivity index is 0. The molecule has 0 fully saturated rings. The number of aliphatic hydroxyl groups is 1. The summed E-state index contributed by atoms with van der Waals surface area (Å²) in [5.74, 6) is -0.227. The van der Waals surface area contributed by atoms with Crippen molar-refractivity contribution in [3.63, 3.8) is 0 Å². The van der Waals surface area contributed by atoms with Crippen LogP contribution in [0.2, 0.25) is 0 Å². The molecule has 0 rings (SSSR count). The standard InChI is InChI=1S/C12H27N.C10H20O3/c1-4-7-10-13(11-8-5-2)12-9-6-3;1-5-6-10(3,4)9(12)13-7-8(2)11/h4-12H2,1-3H3;8,11H,5-7H2,1-4H3. The molecule has 0 saturated heterocycles. The molecule has 0 aliphatic carbocycles. The number of hydrogen-bond acceptors (Lipinski definition) is 4. The summed E-state index contributed by atoms with van der Waals surface area (Å²) in [4.78, 5) is 14.1. The summed E-state index contributed by atoms with van der Waals surface area (Å²) in [5, 5.41) is 8.92. The number of aliphatic hydroxyl groups excluding tert-OH is 1. The molecular formula is C22H47NO3. The van der Waals surface area contributed by atoms with Crippen molar-refractivity contribution in [2.24, 2.45) is 5.41 Å².